The quantitative estimate of drug-likeness (QED) is 0.857. The highest BCUT2D eigenvalue weighted by atomic mass is 35.5. The lowest BCUT2D eigenvalue weighted by Crippen LogP contribution is -1.88. The molecule has 0 atom stereocenters. The summed E-state index contributed by atoms with van der Waals surface area (Å²) in [6, 6.07) is 10.8. The van der Waals surface area contributed by atoms with Gasteiger partial charge in [-0.15, -0.1) is 0 Å². The lowest BCUT2D eigenvalue weighted by molar-refractivity contribution is 0.373. The number of phenolic OH excluding ortho intramolecular Hbond substituents is 1. The number of para-hydroxylation sites is 1. The van der Waals surface area contributed by atoms with Crippen molar-refractivity contribution in [3.05, 3.63) is 52.5 Å². The van der Waals surface area contributed by atoms with Crippen LogP contribution in [0.4, 0.5) is 5.69 Å². The first-order valence-electron chi connectivity index (χ1n) is 5.78. The average molecular weight is 276 g/mol. The molecular weight excluding hydrogens is 262 g/mol. The minimum absolute atomic E-state index is 0.0667. The van der Waals surface area contributed by atoms with Crippen molar-refractivity contribution in [3.8, 4) is 11.5 Å². The number of methoxy groups -OCH3 is 1. The fourth-order valence-corrected chi connectivity index (χ4v) is 1.95. The van der Waals surface area contributed by atoms with Gasteiger partial charge in [0.1, 0.15) is 0 Å². The maximum atomic E-state index is 9.93. The van der Waals surface area contributed by atoms with Crippen molar-refractivity contribution in [1.29, 1.82) is 0 Å². The van der Waals surface area contributed by atoms with Crippen LogP contribution in [-0.4, -0.2) is 18.4 Å². The van der Waals surface area contributed by atoms with Gasteiger partial charge in [0.05, 0.1) is 17.8 Å². The van der Waals surface area contributed by atoms with Crippen LogP contribution in [0.2, 0.25) is 5.02 Å². The standard InChI is InChI=1S/C15H14ClNO2/c1-10-6-7-13(12(16)8-10)17-9-11-4-3-5-14(19-2)15(11)18/h3-9,18H,1-2H3. The Hall–Kier alpha value is -2.00. The van der Waals surface area contributed by atoms with Gasteiger partial charge in [-0.1, -0.05) is 23.7 Å². The summed E-state index contributed by atoms with van der Waals surface area (Å²) in [6.07, 6.45) is 1.56. The molecule has 0 amide bonds. The Morgan fingerprint density at radius 1 is 1.26 bits per heavy atom. The Morgan fingerprint density at radius 3 is 2.74 bits per heavy atom. The minimum Gasteiger partial charge on any atom is -0.504 e. The number of rotatable bonds is 3. The second-order valence-corrected chi connectivity index (χ2v) is 4.52. The maximum Gasteiger partial charge on any atom is 0.166 e. The van der Waals surface area contributed by atoms with Crippen LogP contribution in [-0.2, 0) is 0 Å². The number of aliphatic imine (C=N–C) groups is 1. The Labute approximate surface area is 117 Å². The summed E-state index contributed by atoms with van der Waals surface area (Å²) in [5.74, 6) is 0.482. The van der Waals surface area contributed by atoms with Crippen LogP contribution in [0, 0.1) is 6.92 Å². The number of hydrogen-bond donors (Lipinski definition) is 1. The van der Waals surface area contributed by atoms with Crippen LogP contribution < -0.4 is 4.74 Å². The number of phenols is 1. The van der Waals surface area contributed by atoms with Gasteiger partial charge in [-0.2, -0.15) is 0 Å². The van der Waals surface area contributed by atoms with Crippen LogP contribution in [0.3, 0.4) is 0 Å². The van der Waals surface area contributed by atoms with Gasteiger partial charge in [-0.3, -0.25) is 4.99 Å². The zero-order valence-corrected chi connectivity index (χ0v) is 11.5. The molecule has 0 aromatic heterocycles. The molecular formula is C15H14ClNO2. The molecule has 3 nitrogen and oxygen atoms in total. The highest BCUT2D eigenvalue weighted by molar-refractivity contribution is 6.33. The van der Waals surface area contributed by atoms with E-state index in [9.17, 15) is 5.11 Å². The van der Waals surface area contributed by atoms with Crippen LogP contribution >= 0.6 is 11.6 Å². The lowest BCUT2D eigenvalue weighted by Gasteiger charge is -2.05. The third-order valence-electron chi connectivity index (χ3n) is 2.70. The van der Waals surface area contributed by atoms with E-state index in [1.807, 2.05) is 25.1 Å². The zero-order valence-electron chi connectivity index (χ0n) is 10.7. The van der Waals surface area contributed by atoms with Crippen LogP contribution in [0.1, 0.15) is 11.1 Å². The van der Waals surface area contributed by atoms with Crippen molar-refractivity contribution in [2.75, 3.05) is 7.11 Å². The summed E-state index contributed by atoms with van der Waals surface area (Å²) in [7, 11) is 1.51. The molecule has 2 aromatic carbocycles. The Kier molecular flexibility index (Phi) is 4.07. The van der Waals surface area contributed by atoms with Crippen molar-refractivity contribution in [3.63, 3.8) is 0 Å². The van der Waals surface area contributed by atoms with Crippen molar-refractivity contribution < 1.29 is 9.84 Å². The molecule has 1 N–H and O–H groups in total. The predicted molar refractivity (Wildman–Crippen MR) is 78.1 cm³/mol. The van der Waals surface area contributed by atoms with Crippen molar-refractivity contribution >= 4 is 23.5 Å². The maximum absolute atomic E-state index is 9.93. The van der Waals surface area contributed by atoms with E-state index < -0.39 is 0 Å². The highest BCUT2D eigenvalue weighted by Crippen LogP contribution is 2.30. The number of ether oxygens (including phenoxy) is 1. The first-order valence-corrected chi connectivity index (χ1v) is 6.16. The van der Waals surface area contributed by atoms with E-state index in [0.717, 1.165) is 5.56 Å². The Morgan fingerprint density at radius 2 is 2.05 bits per heavy atom. The molecule has 0 bridgehead atoms. The number of benzene rings is 2. The fraction of sp³-hybridized carbons (Fsp3) is 0.133. The second-order valence-electron chi connectivity index (χ2n) is 4.11. The molecule has 0 unspecified atom stereocenters. The molecule has 0 aliphatic heterocycles. The largest absolute Gasteiger partial charge is 0.504 e. The van der Waals surface area contributed by atoms with Crippen molar-refractivity contribution in [1.82, 2.24) is 0 Å². The van der Waals surface area contributed by atoms with E-state index in [4.69, 9.17) is 16.3 Å². The molecule has 0 heterocycles. The molecule has 4 heteroatoms. The van der Waals surface area contributed by atoms with Crippen LogP contribution in [0.15, 0.2) is 41.4 Å². The molecule has 0 saturated carbocycles. The third-order valence-corrected chi connectivity index (χ3v) is 3.00. The van der Waals surface area contributed by atoms with E-state index in [-0.39, 0.29) is 5.75 Å². The second kappa shape index (κ2) is 5.76. The van der Waals surface area contributed by atoms with Crippen LogP contribution in [0.5, 0.6) is 11.5 Å². The smallest absolute Gasteiger partial charge is 0.166 e. The monoisotopic (exact) mass is 275 g/mol. The molecule has 0 radical (unpaired) electrons. The Balaban J connectivity index is 2.32. The number of aryl methyl sites for hydroxylation is 1. The van der Waals surface area contributed by atoms with Gasteiger partial charge in [0.25, 0.3) is 0 Å². The zero-order chi connectivity index (χ0) is 13.8. The van der Waals surface area contributed by atoms with Crippen molar-refractivity contribution in [2.24, 2.45) is 4.99 Å². The summed E-state index contributed by atoms with van der Waals surface area (Å²) in [4.78, 5) is 4.28. The summed E-state index contributed by atoms with van der Waals surface area (Å²) >= 11 is 6.09. The van der Waals surface area contributed by atoms with Gasteiger partial charge in [0, 0.05) is 11.8 Å². The van der Waals surface area contributed by atoms with E-state index in [1.54, 1.807) is 24.4 Å². The number of halogens is 1. The van der Waals surface area contributed by atoms with Gasteiger partial charge >= 0.3 is 0 Å². The van der Waals surface area contributed by atoms with Crippen molar-refractivity contribution in [2.45, 2.75) is 6.92 Å². The molecule has 0 spiro atoms. The fourth-order valence-electron chi connectivity index (χ4n) is 1.66. The predicted octanol–water partition coefficient (Wildman–Crippen LogP) is 4.11. The average Bonchev–Trinajstić information content (AvgIpc) is 2.39. The molecule has 19 heavy (non-hydrogen) atoms. The topological polar surface area (TPSA) is 41.8 Å². The first-order chi connectivity index (χ1) is 9.11. The number of hydrogen-bond acceptors (Lipinski definition) is 3. The summed E-state index contributed by atoms with van der Waals surface area (Å²) < 4.78 is 5.04. The SMILES string of the molecule is COc1cccc(C=Nc2ccc(C)cc2Cl)c1O. The number of nitrogens with zero attached hydrogens (tertiary/aromatic N) is 1. The molecule has 0 aliphatic carbocycles. The van der Waals surface area contributed by atoms with Gasteiger partial charge in [-0.25, -0.2) is 0 Å². The highest BCUT2D eigenvalue weighted by Gasteiger charge is 2.05. The molecule has 0 saturated heterocycles. The Bertz CT molecular complexity index is 624. The van der Waals surface area contributed by atoms with Gasteiger partial charge < -0.3 is 9.84 Å². The van der Waals surface area contributed by atoms with E-state index in [0.29, 0.717) is 22.0 Å². The third kappa shape index (κ3) is 3.06. The van der Waals surface area contributed by atoms with Gasteiger partial charge in [0.15, 0.2) is 11.5 Å². The van der Waals surface area contributed by atoms with Gasteiger partial charge in [-0.05, 0) is 36.8 Å². The number of aromatic hydroxyl groups is 1. The molecule has 0 fully saturated rings. The van der Waals surface area contributed by atoms with E-state index >= 15 is 0 Å². The van der Waals surface area contributed by atoms with E-state index in [1.165, 1.54) is 7.11 Å². The van der Waals surface area contributed by atoms with E-state index in [2.05, 4.69) is 4.99 Å². The molecule has 2 rings (SSSR count). The molecule has 98 valence electrons. The summed E-state index contributed by atoms with van der Waals surface area (Å²) in [5, 5.41) is 10.5. The van der Waals surface area contributed by atoms with Gasteiger partial charge in [0.2, 0.25) is 0 Å². The van der Waals surface area contributed by atoms with Crippen LogP contribution in [0.25, 0.3) is 0 Å². The molecule has 0 aliphatic rings. The normalized spacial score (nSPS) is 10.9. The summed E-state index contributed by atoms with van der Waals surface area (Å²) in [6.45, 7) is 1.97. The lowest BCUT2D eigenvalue weighted by atomic mass is 10.2. The minimum atomic E-state index is 0.0667. The molecule has 2 aromatic rings. The first kappa shape index (κ1) is 13.4. The summed E-state index contributed by atoms with van der Waals surface area (Å²) in [5.41, 5.74) is 2.32.